The van der Waals surface area contributed by atoms with E-state index in [0.29, 0.717) is 5.69 Å². The second kappa shape index (κ2) is 5.75. The van der Waals surface area contributed by atoms with Gasteiger partial charge in [0.15, 0.2) is 24.0 Å². The van der Waals surface area contributed by atoms with Crippen LogP contribution >= 0.6 is 0 Å². The van der Waals surface area contributed by atoms with Crippen molar-refractivity contribution < 1.29 is 28.5 Å². The maximum atomic E-state index is 12.8. The van der Waals surface area contributed by atoms with E-state index < -0.39 is 42.3 Å². The maximum Gasteiger partial charge on any atom is 0.256 e. The molecule has 3 aliphatic heterocycles. The Morgan fingerprint density at radius 3 is 2.20 bits per heavy atom. The van der Waals surface area contributed by atoms with Crippen molar-refractivity contribution in [2.75, 3.05) is 5.32 Å². The highest BCUT2D eigenvalue weighted by Gasteiger charge is 2.62. The molecule has 7 nitrogen and oxygen atoms in total. The Labute approximate surface area is 146 Å². The van der Waals surface area contributed by atoms with Gasteiger partial charge in [-0.15, -0.1) is 0 Å². The molecule has 3 saturated heterocycles. The fraction of sp³-hybridized carbons (Fsp3) is 0.611. The first-order valence-corrected chi connectivity index (χ1v) is 8.47. The highest BCUT2D eigenvalue weighted by atomic mass is 16.9. The molecule has 0 unspecified atom stereocenters. The van der Waals surface area contributed by atoms with Gasteiger partial charge in [-0.3, -0.25) is 4.79 Å². The van der Waals surface area contributed by atoms with Gasteiger partial charge in [-0.2, -0.15) is 0 Å². The SMILES string of the molecule is CC1(C)O[C@@H]2O[C@H](C(=O)Nc3ccccc3)[C@@H]3OC(C)(C)O[C@@H]3[C@@H]2O1. The predicted molar refractivity (Wildman–Crippen MR) is 87.6 cm³/mol. The summed E-state index contributed by atoms with van der Waals surface area (Å²) in [6.45, 7) is 7.24. The summed E-state index contributed by atoms with van der Waals surface area (Å²) < 4.78 is 29.6. The molecule has 1 aromatic carbocycles. The van der Waals surface area contributed by atoms with E-state index in [9.17, 15) is 4.79 Å². The highest BCUT2D eigenvalue weighted by Crippen LogP contribution is 2.44. The average Bonchev–Trinajstić information content (AvgIpc) is 3.01. The quantitative estimate of drug-likeness (QED) is 0.880. The van der Waals surface area contributed by atoms with Gasteiger partial charge < -0.3 is 29.0 Å². The molecule has 3 fully saturated rings. The molecule has 0 radical (unpaired) electrons. The van der Waals surface area contributed by atoms with Gasteiger partial charge in [0.25, 0.3) is 5.91 Å². The Hall–Kier alpha value is -1.51. The lowest BCUT2D eigenvalue weighted by atomic mass is 9.98. The van der Waals surface area contributed by atoms with Crippen LogP contribution in [0.1, 0.15) is 27.7 Å². The molecule has 4 rings (SSSR count). The van der Waals surface area contributed by atoms with Gasteiger partial charge >= 0.3 is 0 Å². The number of fused-ring (bicyclic) bond motifs is 3. The molecule has 7 heteroatoms. The van der Waals surface area contributed by atoms with Crippen LogP contribution in [-0.4, -0.2) is 48.2 Å². The molecule has 3 aliphatic rings. The summed E-state index contributed by atoms with van der Waals surface area (Å²) in [6, 6.07) is 9.22. The minimum Gasteiger partial charge on any atom is -0.342 e. The van der Waals surface area contributed by atoms with Crippen molar-refractivity contribution in [2.45, 2.75) is 70.0 Å². The number of carbonyl (C=O) groups excluding carboxylic acids is 1. The van der Waals surface area contributed by atoms with Gasteiger partial charge in [0.2, 0.25) is 0 Å². The Morgan fingerprint density at radius 2 is 1.48 bits per heavy atom. The number of rotatable bonds is 2. The van der Waals surface area contributed by atoms with E-state index in [4.69, 9.17) is 23.7 Å². The molecule has 1 N–H and O–H groups in total. The van der Waals surface area contributed by atoms with Crippen LogP contribution in [0.4, 0.5) is 5.69 Å². The molecule has 0 saturated carbocycles. The minimum absolute atomic E-state index is 0.297. The van der Waals surface area contributed by atoms with E-state index in [2.05, 4.69) is 5.32 Å². The minimum atomic E-state index is -0.856. The predicted octanol–water partition coefficient (Wildman–Crippen LogP) is 2.02. The molecule has 3 heterocycles. The van der Waals surface area contributed by atoms with Crippen molar-refractivity contribution in [3.63, 3.8) is 0 Å². The van der Waals surface area contributed by atoms with Crippen molar-refractivity contribution in [1.82, 2.24) is 0 Å². The monoisotopic (exact) mass is 349 g/mol. The zero-order chi connectivity index (χ0) is 17.8. The Balaban J connectivity index is 1.58. The molecular weight excluding hydrogens is 326 g/mol. The molecule has 1 aromatic rings. The Kier molecular flexibility index (Phi) is 3.90. The lowest BCUT2D eigenvalue weighted by Crippen LogP contribution is -2.58. The summed E-state index contributed by atoms with van der Waals surface area (Å²) in [5.41, 5.74) is 0.692. The molecule has 136 valence electrons. The largest absolute Gasteiger partial charge is 0.342 e. The first-order valence-electron chi connectivity index (χ1n) is 8.47. The molecule has 1 amide bonds. The number of hydrogen-bond acceptors (Lipinski definition) is 6. The van der Waals surface area contributed by atoms with Crippen LogP contribution in [0.2, 0.25) is 0 Å². The molecule has 25 heavy (non-hydrogen) atoms. The number of amides is 1. The number of anilines is 1. The van der Waals surface area contributed by atoms with Gasteiger partial charge in [0.05, 0.1) is 0 Å². The van der Waals surface area contributed by atoms with Gasteiger partial charge in [-0.25, -0.2) is 0 Å². The van der Waals surface area contributed by atoms with Crippen LogP contribution in [-0.2, 0) is 28.5 Å². The number of ether oxygens (including phenoxy) is 5. The van der Waals surface area contributed by atoms with Crippen molar-refractivity contribution in [3.8, 4) is 0 Å². The van der Waals surface area contributed by atoms with E-state index >= 15 is 0 Å². The Morgan fingerprint density at radius 1 is 0.880 bits per heavy atom. The van der Waals surface area contributed by atoms with Crippen LogP contribution in [0.25, 0.3) is 0 Å². The number of benzene rings is 1. The normalized spacial score (nSPS) is 38.0. The lowest BCUT2D eigenvalue weighted by molar-refractivity contribution is -0.229. The smallest absolute Gasteiger partial charge is 0.256 e. The van der Waals surface area contributed by atoms with E-state index in [-0.39, 0.29) is 5.91 Å². The number of carbonyl (C=O) groups is 1. The van der Waals surface area contributed by atoms with Gasteiger partial charge in [0, 0.05) is 5.69 Å². The van der Waals surface area contributed by atoms with Crippen LogP contribution in [0.15, 0.2) is 30.3 Å². The third-order valence-corrected chi connectivity index (χ3v) is 4.45. The van der Waals surface area contributed by atoms with Crippen molar-refractivity contribution in [3.05, 3.63) is 30.3 Å². The van der Waals surface area contributed by atoms with Gasteiger partial charge in [0.1, 0.15) is 18.3 Å². The summed E-state index contributed by atoms with van der Waals surface area (Å²) in [5.74, 6) is -1.93. The van der Waals surface area contributed by atoms with E-state index in [1.807, 2.05) is 58.0 Å². The van der Waals surface area contributed by atoms with Crippen LogP contribution < -0.4 is 5.32 Å². The van der Waals surface area contributed by atoms with Gasteiger partial charge in [-0.1, -0.05) is 18.2 Å². The number of hydrogen-bond donors (Lipinski definition) is 1. The third kappa shape index (κ3) is 3.18. The standard InChI is InChI=1S/C18H23NO6/c1-17(2)22-11-12(23-17)14-16(25-18(3,4)24-14)21-13(11)15(20)19-10-8-6-5-7-9-10/h5-9,11-14,16H,1-4H3,(H,19,20)/t11-,12+,13+,14+,16+/m1/s1. The zero-order valence-corrected chi connectivity index (χ0v) is 14.7. The van der Waals surface area contributed by atoms with E-state index in [1.54, 1.807) is 0 Å². The fourth-order valence-electron chi connectivity index (χ4n) is 3.56. The zero-order valence-electron chi connectivity index (χ0n) is 14.7. The number of nitrogens with one attached hydrogen (secondary N) is 1. The topological polar surface area (TPSA) is 75.3 Å². The first kappa shape index (κ1) is 16.9. The van der Waals surface area contributed by atoms with Crippen LogP contribution in [0.5, 0.6) is 0 Å². The van der Waals surface area contributed by atoms with Crippen molar-refractivity contribution in [2.24, 2.45) is 0 Å². The second-order valence-corrected chi connectivity index (χ2v) is 7.45. The van der Waals surface area contributed by atoms with Crippen LogP contribution in [0, 0.1) is 0 Å². The maximum absolute atomic E-state index is 12.8. The number of para-hydroxylation sites is 1. The van der Waals surface area contributed by atoms with E-state index in [0.717, 1.165) is 0 Å². The van der Waals surface area contributed by atoms with Crippen molar-refractivity contribution in [1.29, 1.82) is 0 Å². The molecule has 0 bridgehead atoms. The summed E-state index contributed by atoms with van der Waals surface area (Å²) in [7, 11) is 0. The van der Waals surface area contributed by atoms with Gasteiger partial charge in [-0.05, 0) is 39.8 Å². The molecule has 5 atom stereocenters. The molecular formula is C18H23NO6. The van der Waals surface area contributed by atoms with Crippen molar-refractivity contribution >= 4 is 11.6 Å². The lowest BCUT2D eigenvalue weighted by Gasteiger charge is -2.36. The summed E-state index contributed by atoms with van der Waals surface area (Å²) in [4.78, 5) is 12.8. The first-order chi connectivity index (χ1) is 11.7. The second-order valence-electron chi connectivity index (χ2n) is 7.45. The molecule has 0 spiro atoms. The average molecular weight is 349 g/mol. The van der Waals surface area contributed by atoms with Crippen LogP contribution in [0.3, 0.4) is 0 Å². The summed E-state index contributed by atoms with van der Waals surface area (Å²) in [5, 5.41) is 2.86. The highest BCUT2D eigenvalue weighted by molar-refractivity contribution is 5.94. The fourth-order valence-corrected chi connectivity index (χ4v) is 3.56. The summed E-state index contributed by atoms with van der Waals surface area (Å²) >= 11 is 0. The molecule has 0 aliphatic carbocycles. The Bertz CT molecular complexity index is 661. The third-order valence-electron chi connectivity index (χ3n) is 4.45. The molecule has 0 aromatic heterocycles. The van der Waals surface area contributed by atoms with E-state index in [1.165, 1.54) is 0 Å². The summed E-state index contributed by atoms with van der Waals surface area (Å²) in [6.07, 6.45) is -2.99.